The number of hydrogen-bond donors (Lipinski definition) is 2. The number of anilines is 1. The summed E-state index contributed by atoms with van der Waals surface area (Å²) >= 11 is 1.49. The molecule has 1 saturated heterocycles. The van der Waals surface area contributed by atoms with Gasteiger partial charge in [0.1, 0.15) is 5.00 Å². The van der Waals surface area contributed by atoms with E-state index in [9.17, 15) is 9.59 Å². The van der Waals surface area contributed by atoms with Gasteiger partial charge in [-0.25, -0.2) is 0 Å². The highest BCUT2D eigenvalue weighted by molar-refractivity contribution is 7.17. The lowest BCUT2D eigenvalue weighted by molar-refractivity contribution is 0.0342. The van der Waals surface area contributed by atoms with Gasteiger partial charge in [0.2, 0.25) is 0 Å². The van der Waals surface area contributed by atoms with Crippen LogP contribution in [0.3, 0.4) is 0 Å². The minimum absolute atomic E-state index is 0.204. The molecule has 1 aromatic carbocycles. The molecule has 3 N–H and O–H groups in total. The Morgan fingerprint density at radius 2 is 1.96 bits per heavy atom. The lowest BCUT2D eigenvalue weighted by Crippen LogP contribution is -2.35. The number of nitrogens with one attached hydrogen (secondary N) is 1. The molecule has 0 radical (unpaired) electrons. The minimum atomic E-state index is -0.462. The van der Waals surface area contributed by atoms with Crippen molar-refractivity contribution < 1.29 is 14.3 Å². The number of carbonyl (C=O) groups excluding carboxylic acids is 2. The van der Waals surface area contributed by atoms with Crippen molar-refractivity contribution in [1.82, 2.24) is 4.90 Å². The van der Waals surface area contributed by atoms with Crippen LogP contribution in [0.2, 0.25) is 0 Å². The molecule has 2 aliphatic rings. The quantitative estimate of drug-likeness (QED) is 0.810. The SMILES string of the molecule is NC(=O)c1c(NC(=O)c2cccc(CN3CCOCC3)c2)sc2c1CCCC2. The first kappa shape index (κ1) is 19.1. The van der Waals surface area contributed by atoms with E-state index in [1.165, 1.54) is 16.2 Å². The second-order valence-electron chi connectivity index (χ2n) is 7.32. The van der Waals surface area contributed by atoms with E-state index in [-0.39, 0.29) is 5.91 Å². The van der Waals surface area contributed by atoms with Crippen LogP contribution < -0.4 is 11.1 Å². The molecule has 28 heavy (non-hydrogen) atoms. The largest absolute Gasteiger partial charge is 0.379 e. The lowest BCUT2D eigenvalue weighted by atomic mass is 9.95. The highest BCUT2D eigenvalue weighted by Crippen LogP contribution is 2.38. The predicted octanol–water partition coefficient (Wildman–Crippen LogP) is 2.81. The van der Waals surface area contributed by atoms with Gasteiger partial charge in [0, 0.05) is 30.1 Å². The zero-order valence-electron chi connectivity index (χ0n) is 15.8. The summed E-state index contributed by atoms with van der Waals surface area (Å²) in [7, 11) is 0. The van der Waals surface area contributed by atoms with Crippen LogP contribution in [0.1, 0.15) is 49.6 Å². The Kier molecular flexibility index (Phi) is 5.75. The Hall–Kier alpha value is -2.22. The first-order chi connectivity index (χ1) is 13.6. The molecule has 6 nitrogen and oxygen atoms in total. The Morgan fingerprint density at radius 1 is 1.18 bits per heavy atom. The summed E-state index contributed by atoms with van der Waals surface area (Å²) < 4.78 is 5.39. The van der Waals surface area contributed by atoms with Gasteiger partial charge in [-0.15, -0.1) is 11.3 Å². The molecule has 4 rings (SSSR count). The number of amides is 2. The van der Waals surface area contributed by atoms with E-state index in [2.05, 4.69) is 10.2 Å². The average Bonchev–Trinajstić information content (AvgIpc) is 3.07. The molecule has 7 heteroatoms. The van der Waals surface area contributed by atoms with Crippen molar-refractivity contribution >= 4 is 28.2 Å². The molecule has 2 heterocycles. The molecule has 0 atom stereocenters. The van der Waals surface area contributed by atoms with Crippen molar-refractivity contribution in [1.29, 1.82) is 0 Å². The zero-order chi connectivity index (χ0) is 19.5. The molecule has 2 amide bonds. The maximum atomic E-state index is 12.9. The van der Waals surface area contributed by atoms with Gasteiger partial charge >= 0.3 is 0 Å². The fourth-order valence-corrected chi connectivity index (χ4v) is 5.21. The molecule has 1 aliphatic carbocycles. The summed E-state index contributed by atoms with van der Waals surface area (Å²) in [4.78, 5) is 28.4. The average molecular weight is 400 g/mol. The van der Waals surface area contributed by atoms with Gasteiger partial charge in [0.25, 0.3) is 11.8 Å². The third kappa shape index (κ3) is 4.11. The van der Waals surface area contributed by atoms with Gasteiger partial charge in [-0.05, 0) is 48.9 Å². The van der Waals surface area contributed by atoms with Gasteiger partial charge in [0.15, 0.2) is 0 Å². The first-order valence-corrected chi connectivity index (χ1v) is 10.6. The number of rotatable bonds is 5. The number of aryl methyl sites for hydroxylation is 1. The number of ether oxygens (including phenoxy) is 1. The van der Waals surface area contributed by atoms with E-state index >= 15 is 0 Å². The Morgan fingerprint density at radius 3 is 2.75 bits per heavy atom. The molecule has 1 aliphatic heterocycles. The Labute approximate surface area is 168 Å². The van der Waals surface area contributed by atoms with E-state index < -0.39 is 5.91 Å². The van der Waals surface area contributed by atoms with Crippen molar-refractivity contribution in [3.63, 3.8) is 0 Å². The Bertz CT molecular complexity index is 887. The summed E-state index contributed by atoms with van der Waals surface area (Å²) in [5.74, 6) is -0.666. The summed E-state index contributed by atoms with van der Waals surface area (Å²) in [6.45, 7) is 4.10. The van der Waals surface area contributed by atoms with E-state index in [1.807, 2.05) is 18.2 Å². The fourth-order valence-electron chi connectivity index (χ4n) is 3.92. The molecule has 2 aromatic rings. The van der Waals surface area contributed by atoms with Crippen LogP contribution in [-0.2, 0) is 24.1 Å². The van der Waals surface area contributed by atoms with Gasteiger partial charge in [0.05, 0.1) is 18.8 Å². The predicted molar refractivity (Wildman–Crippen MR) is 110 cm³/mol. The van der Waals surface area contributed by atoms with Crippen LogP contribution in [0.15, 0.2) is 24.3 Å². The zero-order valence-corrected chi connectivity index (χ0v) is 16.6. The van der Waals surface area contributed by atoms with Crippen molar-refractivity contribution in [2.45, 2.75) is 32.2 Å². The molecule has 0 spiro atoms. The number of carbonyl (C=O) groups is 2. The van der Waals surface area contributed by atoms with E-state index in [1.54, 1.807) is 6.07 Å². The van der Waals surface area contributed by atoms with Gasteiger partial charge < -0.3 is 15.8 Å². The second kappa shape index (κ2) is 8.43. The van der Waals surface area contributed by atoms with Crippen molar-refractivity contribution in [3.8, 4) is 0 Å². The highest BCUT2D eigenvalue weighted by atomic mass is 32.1. The Balaban J connectivity index is 1.52. The fraction of sp³-hybridized carbons (Fsp3) is 0.429. The normalized spacial score (nSPS) is 17.1. The number of benzene rings is 1. The molecule has 1 aromatic heterocycles. The van der Waals surface area contributed by atoms with Crippen LogP contribution in [0.4, 0.5) is 5.00 Å². The second-order valence-corrected chi connectivity index (χ2v) is 8.43. The van der Waals surface area contributed by atoms with Gasteiger partial charge in [-0.1, -0.05) is 12.1 Å². The maximum Gasteiger partial charge on any atom is 0.256 e. The van der Waals surface area contributed by atoms with Crippen LogP contribution in [0.5, 0.6) is 0 Å². The van der Waals surface area contributed by atoms with Crippen LogP contribution >= 0.6 is 11.3 Å². The van der Waals surface area contributed by atoms with E-state index in [0.29, 0.717) is 16.1 Å². The third-order valence-corrected chi connectivity index (χ3v) is 6.55. The summed E-state index contributed by atoms with van der Waals surface area (Å²) in [5.41, 5.74) is 8.84. The number of nitrogens with two attached hydrogens (primary N) is 1. The number of hydrogen-bond acceptors (Lipinski definition) is 5. The summed E-state index contributed by atoms with van der Waals surface area (Å²) in [6.07, 6.45) is 3.98. The topological polar surface area (TPSA) is 84.7 Å². The number of morpholine rings is 1. The summed E-state index contributed by atoms with van der Waals surface area (Å²) in [6, 6.07) is 7.65. The molecular weight excluding hydrogens is 374 g/mol. The third-order valence-electron chi connectivity index (χ3n) is 5.34. The van der Waals surface area contributed by atoms with Crippen molar-refractivity contribution in [2.24, 2.45) is 5.73 Å². The van der Waals surface area contributed by atoms with Crippen molar-refractivity contribution in [2.75, 3.05) is 31.6 Å². The maximum absolute atomic E-state index is 12.9. The number of thiophene rings is 1. The van der Waals surface area contributed by atoms with Gasteiger partial charge in [-0.2, -0.15) is 0 Å². The smallest absolute Gasteiger partial charge is 0.256 e. The molecule has 0 saturated carbocycles. The number of fused-ring (bicyclic) bond motifs is 1. The van der Waals surface area contributed by atoms with Gasteiger partial charge in [-0.3, -0.25) is 14.5 Å². The molecule has 0 unspecified atom stereocenters. The van der Waals surface area contributed by atoms with E-state index in [4.69, 9.17) is 10.5 Å². The minimum Gasteiger partial charge on any atom is -0.379 e. The molecular formula is C21H25N3O3S. The highest BCUT2D eigenvalue weighted by Gasteiger charge is 2.25. The summed E-state index contributed by atoms with van der Waals surface area (Å²) in [5, 5.41) is 3.53. The van der Waals surface area contributed by atoms with Crippen LogP contribution in [0.25, 0.3) is 0 Å². The molecule has 0 bridgehead atoms. The molecule has 148 valence electrons. The van der Waals surface area contributed by atoms with Crippen LogP contribution in [-0.4, -0.2) is 43.0 Å². The lowest BCUT2D eigenvalue weighted by Gasteiger charge is -2.26. The molecule has 1 fully saturated rings. The standard InChI is InChI=1S/C21H25N3O3S/c22-19(25)18-16-6-1-2-7-17(16)28-21(18)23-20(26)15-5-3-4-14(12-15)13-24-8-10-27-11-9-24/h3-5,12H,1-2,6-11,13H2,(H2,22,25)(H,23,26). The first-order valence-electron chi connectivity index (χ1n) is 9.76. The van der Waals surface area contributed by atoms with E-state index in [0.717, 1.165) is 69.7 Å². The number of nitrogens with zero attached hydrogens (tertiary/aromatic N) is 1. The number of primary amides is 1. The van der Waals surface area contributed by atoms with Crippen LogP contribution in [0, 0.1) is 0 Å². The van der Waals surface area contributed by atoms with Crippen molar-refractivity contribution in [3.05, 3.63) is 51.4 Å². The monoisotopic (exact) mass is 399 g/mol.